The molecule has 80 valence electrons. The lowest BCUT2D eigenvalue weighted by molar-refractivity contribution is -0.143. The van der Waals surface area contributed by atoms with Crippen LogP contribution in [0.2, 0.25) is 0 Å². The number of hydrogen-bond acceptors (Lipinski definition) is 4. The summed E-state index contributed by atoms with van der Waals surface area (Å²) in [7, 11) is 0. The maximum atomic E-state index is 11.1. The van der Waals surface area contributed by atoms with Gasteiger partial charge in [0.05, 0.1) is 13.1 Å². The normalized spacial score (nSPS) is 9.60. The van der Waals surface area contributed by atoms with E-state index in [1.165, 1.54) is 0 Å². The van der Waals surface area contributed by atoms with E-state index in [0.29, 0.717) is 6.29 Å². The molecule has 1 aromatic rings. The number of nitrogens with one attached hydrogen (secondary N) is 1. The minimum Gasteiger partial charge on any atom is -0.460 e. The summed E-state index contributed by atoms with van der Waals surface area (Å²) in [5, 5.41) is 2.63. The van der Waals surface area contributed by atoms with Crippen LogP contribution in [0.1, 0.15) is 5.56 Å². The third-order valence-corrected chi connectivity index (χ3v) is 1.74. The molecule has 4 nitrogen and oxygen atoms in total. The van der Waals surface area contributed by atoms with Gasteiger partial charge in [0, 0.05) is 0 Å². The predicted octanol–water partition coefficient (Wildman–Crippen LogP) is 0.518. The van der Waals surface area contributed by atoms with Gasteiger partial charge in [0.1, 0.15) is 12.9 Å². The van der Waals surface area contributed by atoms with E-state index in [1.807, 2.05) is 30.3 Å². The molecule has 0 fully saturated rings. The Balaban J connectivity index is 2.20. The number of rotatable bonds is 6. The minimum absolute atomic E-state index is 0.0611. The van der Waals surface area contributed by atoms with Crippen molar-refractivity contribution < 1.29 is 14.3 Å². The molecule has 0 atom stereocenters. The van der Waals surface area contributed by atoms with Gasteiger partial charge < -0.3 is 14.8 Å². The quantitative estimate of drug-likeness (QED) is 0.419. The Morgan fingerprint density at radius 3 is 2.73 bits per heavy atom. The van der Waals surface area contributed by atoms with E-state index in [2.05, 4.69) is 5.32 Å². The van der Waals surface area contributed by atoms with E-state index in [-0.39, 0.29) is 25.7 Å². The Morgan fingerprint density at radius 2 is 2.07 bits per heavy atom. The van der Waals surface area contributed by atoms with Gasteiger partial charge in [-0.25, -0.2) is 0 Å². The number of benzene rings is 1. The first-order valence-corrected chi connectivity index (χ1v) is 4.67. The first kappa shape index (κ1) is 11.4. The molecular weight excluding hydrogens is 194 g/mol. The van der Waals surface area contributed by atoms with Crippen LogP contribution in [0.25, 0.3) is 0 Å². The Bertz CT molecular complexity index is 311. The van der Waals surface area contributed by atoms with Crippen LogP contribution in [0.3, 0.4) is 0 Å². The molecule has 0 unspecified atom stereocenters. The van der Waals surface area contributed by atoms with Gasteiger partial charge in [0.2, 0.25) is 0 Å². The van der Waals surface area contributed by atoms with Crippen LogP contribution < -0.4 is 5.32 Å². The van der Waals surface area contributed by atoms with Crippen LogP contribution >= 0.6 is 0 Å². The van der Waals surface area contributed by atoms with E-state index in [4.69, 9.17) is 4.74 Å². The first-order chi connectivity index (χ1) is 7.33. The van der Waals surface area contributed by atoms with Gasteiger partial charge in [-0.15, -0.1) is 0 Å². The van der Waals surface area contributed by atoms with Crippen LogP contribution in [0.5, 0.6) is 0 Å². The van der Waals surface area contributed by atoms with E-state index in [0.717, 1.165) is 5.56 Å². The van der Waals surface area contributed by atoms with Crippen LogP contribution in [0, 0.1) is 0 Å². The number of hydrogen-bond donors (Lipinski definition) is 1. The number of carbonyl (C=O) groups is 2. The fourth-order valence-corrected chi connectivity index (χ4v) is 1.02. The fourth-order valence-electron chi connectivity index (χ4n) is 1.02. The molecule has 0 aromatic heterocycles. The molecule has 1 N–H and O–H groups in total. The molecule has 0 aliphatic carbocycles. The molecule has 1 rings (SSSR count). The van der Waals surface area contributed by atoms with Crippen LogP contribution in [0.15, 0.2) is 30.3 Å². The molecule has 0 saturated heterocycles. The lowest BCUT2D eigenvalue weighted by Crippen LogP contribution is -2.26. The molecule has 0 heterocycles. The standard InChI is InChI=1S/C11H13NO3/c13-7-6-12-8-11(14)15-9-10-4-2-1-3-5-10/h1-5,7,12H,6,8-9H2. The summed E-state index contributed by atoms with van der Waals surface area (Å²) in [6.07, 6.45) is 0.699. The van der Waals surface area contributed by atoms with Crippen LogP contribution in [-0.4, -0.2) is 25.3 Å². The van der Waals surface area contributed by atoms with Crippen molar-refractivity contribution in [1.82, 2.24) is 5.32 Å². The molecule has 0 bridgehead atoms. The lowest BCUT2D eigenvalue weighted by Gasteiger charge is -2.04. The second-order valence-electron chi connectivity index (χ2n) is 2.94. The summed E-state index contributed by atoms with van der Waals surface area (Å²) in [4.78, 5) is 21.0. The van der Waals surface area contributed by atoms with Crippen molar-refractivity contribution in [2.75, 3.05) is 13.1 Å². The minimum atomic E-state index is -0.360. The van der Waals surface area contributed by atoms with E-state index in [9.17, 15) is 9.59 Å². The topological polar surface area (TPSA) is 55.4 Å². The molecule has 0 spiro atoms. The monoisotopic (exact) mass is 207 g/mol. The number of esters is 1. The average Bonchev–Trinajstić information content (AvgIpc) is 2.28. The summed E-state index contributed by atoms with van der Waals surface area (Å²) in [5.41, 5.74) is 0.946. The highest BCUT2D eigenvalue weighted by molar-refractivity contribution is 5.72. The Labute approximate surface area is 88.2 Å². The third-order valence-electron chi connectivity index (χ3n) is 1.74. The molecule has 4 heteroatoms. The molecule has 0 saturated carbocycles. The largest absolute Gasteiger partial charge is 0.460 e. The maximum absolute atomic E-state index is 11.1. The third kappa shape index (κ3) is 4.93. The lowest BCUT2D eigenvalue weighted by atomic mass is 10.2. The summed E-state index contributed by atoms with van der Waals surface area (Å²) in [6.45, 7) is 0.494. The Hall–Kier alpha value is -1.68. The van der Waals surface area contributed by atoms with Gasteiger partial charge >= 0.3 is 5.97 Å². The Kier molecular flexibility index (Phi) is 5.11. The highest BCUT2D eigenvalue weighted by atomic mass is 16.5. The smallest absolute Gasteiger partial charge is 0.320 e. The Morgan fingerprint density at radius 1 is 1.33 bits per heavy atom. The van der Waals surface area contributed by atoms with E-state index >= 15 is 0 Å². The highest BCUT2D eigenvalue weighted by Crippen LogP contribution is 2.00. The number of carbonyl (C=O) groups excluding carboxylic acids is 2. The van der Waals surface area contributed by atoms with Crippen LogP contribution in [0.4, 0.5) is 0 Å². The summed E-state index contributed by atoms with van der Waals surface area (Å²) in [5.74, 6) is -0.360. The van der Waals surface area contributed by atoms with Crippen molar-refractivity contribution in [3.05, 3.63) is 35.9 Å². The van der Waals surface area contributed by atoms with Gasteiger partial charge in [-0.3, -0.25) is 4.79 Å². The molecule has 15 heavy (non-hydrogen) atoms. The number of aldehydes is 1. The zero-order valence-corrected chi connectivity index (χ0v) is 8.31. The van der Waals surface area contributed by atoms with Crippen LogP contribution in [-0.2, 0) is 20.9 Å². The average molecular weight is 207 g/mol. The van der Waals surface area contributed by atoms with E-state index in [1.54, 1.807) is 0 Å². The van der Waals surface area contributed by atoms with Gasteiger partial charge in [-0.2, -0.15) is 0 Å². The zero-order valence-electron chi connectivity index (χ0n) is 8.31. The van der Waals surface area contributed by atoms with Gasteiger partial charge in [0.15, 0.2) is 0 Å². The van der Waals surface area contributed by atoms with E-state index < -0.39 is 0 Å². The predicted molar refractivity (Wildman–Crippen MR) is 55.2 cm³/mol. The van der Waals surface area contributed by atoms with Crippen molar-refractivity contribution >= 4 is 12.3 Å². The first-order valence-electron chi connectivity index (χ1n) is 4.67. The van der Waals surface area contributed by atoms with Gasteiger partial charge in [0.25, 0.3) is 0 Å². The summed E-state index contributed by atoms with van der Waals surface area (Å²) < 4.78 is 4.96. The zero-order chi connectivity index (χ0) is 10.9. The van der Waals surface area contributed by atoms with Crippen molar-refractivity contribution in [3.63, 3.8) is 0 Å². The van der Waals surface area contributed by atoms with Gasteiger partial charge in [-0.1, -0.05) is 30.3 Å². The molecule has 0 aliphatic heterocycles. The van der Waals surface area contributed by atoms with Crippen molar-refractivity contribution in [3.8, 4) is 0 Å². The van der Waals surface area contributed by atoms with Gasteiger partial charge in [-0.05, 0) is 5.56 Å². The van der Waals surface area contributed by atoms with Crippen molar-refractivity contribution in [2.45, 2.75) is 6.61 Å². The molecule has 0 aliphatic rings. The summed E-state index contributed by atoms with van der Waals surface area (Å²) >= 11 is 0. The fraction of sp³-hybridized carbons (Fsp3) is 0.273. The van der Waals surface area contributed by atoms with Crippen molar-refractivity contribution in [2.24, 2.45) is 0 Å². The molecular formula is C11H13NO3. The summed E-state index contributed by atoms with van der Waals surface area (Å²) in [6, 6.07) is 9.43. The second kappa shape index (κ2) is 6.73. The highest BCUT2D eigenvalue weighted by Gasteiger charge is 2.01. The molecule has 1 aromatic carbocycles. The second-order valence-corrected chi connectivity index (χ2v) is 2.94. The SMILES string of the molecule is O=CCNCC(=O)OCc1ccccc1. The van der Waals surface area contributed by atoms with Crippen molar-refractivity contribution in [1.29, 1.82) is 0 Å². The molecule has 0 radical (unpaired) electrons. The maximum Gasteiger partial charge on any atom is 0.320 e. The number of ether oxygens (including phenoxy) is 1. The molecule has 0 amide bonds.